The molecule has 27 heavy (non-hydrogen) atoms. The standard InChI is InChI=1S/C17H12F3N3O3S/c18-17(19,20)10-3-1-4-11(7-10)22-14(24)13-8-21-16(26)23(15(13)25)9-12-5-2-6-27-12/h1-8H,9H2,(H,21,26)(H,22,24). The maximum absolute atomic E-state index is 12.8. The summed E-state index contributed by atoms with van der Waals surface area (Å²) >= 11 is 1.34. The number of nitrogens with one attached hydrogen (secondary N) is 2. The van der Waals surface area contributed by atoms with E-state index in [9.17, 15) is 27.6 Å². The minimum absolute atomic E-state index is 0.0173. The van der Waals surface area contributed by atoms with Crippen LogP contribution in [-0.2, 0) is 12.7 Å². The molecule has 3 rings (SSSR count). The van der Waals surface area contributed by atoms with Crippen molar-refractivity contribution < 1.29 is 18.0 Å². The number of thiophene rings is 1. The smallest absolute Gasteiger partial charge is 0.322 e. The van der Waals surface area contributed by atoms with Gasteiger partial charge in [-0.1, -0.05) is 12.1 Å². The molecule has 0 spiro atoms. The van der Waals surface area contributed by atoms with Crippen LogP contribution in [0.15, 0.2) is 57.6 Å². The van der Waals surface area contributed by atoms with Gasteiger partial charge in [0.2, 0.25) is 0 Å². The number of anilines is 1. The molecule has 0 radical (unpaired) electrons. The number of rotatable bonds is 4. The summed E-state index contributed by atoms with van der Waals surface area (Å²) in [5.41, 5.74) is -2.97. The van der Waals surface area contributed by atoms with Gasteiger partial charge in [-0.25, -0.2) is 4.79 Å². The first kappa shape index (κ1) is 18.6. The van der Waals surface area contributed by atoms with Gasteiger partial charge in [-0.15, -0.1) is 11.3 Å². The molecule has 0 bridgehead atoms. The van der Waals surface area contributed by atoms with Gasteiger partial charge in [-0.2, -0.15) is 13.2 Å². The first-order chi connectivity index (χ1) is 12.8. The Morgan fingerprint density at radius 2 is 1.96 bits per heavy atom. The van der Waals surface area contributed by atoms with Gasteiger partial charge in [0, 0.05) is 16.8 Å². The molecule has 0 saturated carbocycles. The SMILES string of the molecule is O=C(Nc1cccc(C(F)(F)F)c1)c1c[nH]c(=O)n(Cc2cccs2)c1=O. The average Bonchev–Trinajstić information content (AvgIpc) is 3.11. The molecule has 1 aromatic carbocycles. The molecule has 0 atom stereocenters. The quantitative estimate of drug-likeness (QED) is 0.713. The van der Waals surface area contributed by atoms with Crippen LogP contribution in [0.4, 0.5) is 18.9 Å². The van der Waals surface area contributed by atoms with E-state index in [4.69, 9.17) is 0 Å². The van der Waals surface area contributed by atoms with Crippen LogP contribution in [0.5, 0.6) is 0 Å². The summed E-state index contributed by atoms with van der Waals surface area (Å²) < 4.78 is 39.1. The number of H-pyrrole nitrogens is 1. The molecule has 0 aliphatic heterocycles. The van der Waals surface area contributed by atoms with E-state index in [1.54, 1.807) is 17.5 Å². The highest BCUT2D eigenvalue weighted by Crippen LogP contribution is 2.30. The second kappa shape index (κ2) is 7.23. The van der Waals surface area contributed by atoms with E-state index in [0.717, 1.165) is 33.8 Å². The number of aromatic nitrogens is 2. The number of aromatic amines is 1. The molecule has 10 heteroatoms. The Labute approximate surface area is 153 Å². The largest absolute Gasteiger partial charge is 0.416 e. The fraction of sp³-hybridized carbons (Fsp3) is 0.118. The number of benzene rings is 1. The third-order valence-electron chi connectivity index (χ3n) is 3.65. The van der Waals surface area contributed by atoms with Gasteiger partial charge >= 0.3 is 11.9 Å². The first-order valence-corrected chi connectivity index (χ1v) is 8.47. The van der Waals surface area contributed by atoms with Crippen LogP contribution < -0.4 is 16.6 Å². The lowest BCUT2D eigenvalue weighted by Crippen LogP contribution is -2.39. The number of amides is 1. The minimum atomic E-state index is -4.56. The molecule has 2 N–H and O–H groups in total. The molecule has 140 valence electrons. The van der Waals surface area contributed by atoms with Crippen LogP contribution in [0, 0.1) is 0 Å². The number of hydrogen-bond acceptors (Lipinski definition) is 4. The fourth-order valence-electron chi connectivity index (χ4n) is 2.35. The molecule has 0 fully saturated rings. The summed E-state index contributed by atoms with van der Waals surface area (Å²) in [6.45, 7) is -0.0173. The number of carbonyl (C=O) groups is 1. The second-order valence-corrected chi connectivity index (χ2v) is 6.54. The summed E-state index contributed by atoms with van der Waals surface area (Å²) in [5, 5.41) is 4.02. The molecular weight excluding hydrogens is 383 g/mol. The molecule has 3 aromatic rings. The fourth-order valence-corrected chi connectivity index (χ4v) is 3.04. The number of nitrogens with zero attached hydrogens (tertiary/aromatic N) is 1. The van der Waals surface area contributed by atoms with Crippen molar-refractivity contribution in [2.24, 2.45) is 0 Å². The van der Waals surface area contributed by atoms with Crippen LogP contribution in [-0.4, -0.2) is 15.5 Å². The van der Waals surface area contributed by atoms with Gasteiger partial charge in [0.1, 0.15) is 5.56 Å². The van der Waals surface area contributed by atoms with Crippen molar-refractivity contribution >= 4 is 22.9 Å². The lowest BCUT2D eigenvalue weighted by atomic mass is 10.2. The van der Waals surface area contributed by atoms with Gasteiger partial charge < -0.3 is 10.3 Å². The molecule has 1 amide bonds. The summed E-state index contributed by atoms with van der Waals surface area (Å²) in [5.74, 6) is -0.921. The number of hydrogen-bond donors (Lipinski definition) is 2. The Hall–Kier alpha value is -3.14. The van der Waals surface area contributed by atoms with Crippen LogP contribution in [0.3, 0.4) is 0 Å². The van der Waals surface area contributed by atoms with Crippen LogP contribution in [0.2, 0.25) is 0 Å². The van der Waals surface area contributed by atoms with Crippen LogP contribution >= 0.6 is 11.3 Å². The zero-order valence-corrected chi connectivity index (χ0v) is 14.4. The predicted molar refractivity (Wildman–Crippen MR) is 94.1 cm³/mol. The van der Waals surface area contributed by atoms with E-state index in [0.29, 0.717) is 0 Å². The van der Waals surface area contributed by atoms with Gasteiger partial charge in [0.05, 0.1) is 12.1 Å². The molecule has 6 nitrogen and oxygen atoms in total. The van der Waals surface area contributed by atoms with Crippen molar-refractivity contribution in [3.05, 3.63) is 84.8 Å². The van der Waals surface area contributed by atoms with Gasteiger partial charge in [-0.05, 0) is 29.6 Å². The number of carbonyl (C=O) groups excluding carboxylic acids is 1. The third kappa shape index (κ3) is 4.17. The van der Waals surface area contributed by atoms with Crippen molar-refractivity contribution in [3.63, 3.8) is 0 Å². The summed E-state index contributed by atoms with van der Waals surface area (Å²) in [4.78, 5) is 39.8. The van der Waals surface area contributed by atoms with E-state index in [1.165, 1.54) is 17.4 Å². The Kier molecular flexibility index (Phi) is 5.00. The Morgan fingerprint density at radius 1 is 1.19 bits per heavy atom. The molecule has 0 aliphatic carbocycles. The van der Waals surface area contributed by atoms with E-state index >= 15 is 0 Å². The van der Waals surface area contributed by atoms with Crippen molar-refractivity contribution in [3.8, 4) is 0 Å². The van der Waals surface area contributed by atoms with Gasteiger partial charge in [0.25, 0.3) is 11.5 Å². The summed E-state index contributed by atoms with van der Waals surface area (Å²) in [7, 11) is 0. The Balaban J connectivity index is 1.90. The van der Waals surface area contributed by atoms with E-state index in [-0.39, 0.29) is 17.8 Å². The predicted octanol–water partition coefficient (Wildman–Crippen LogP) is 2.92. The monoisotopic (exact) mass is 395 g/mol. The lowest BCUT2D eigenvalue weighted by Gasteiger charge is -2.10. The lowest BCUT2D eigenvalue weighted by molar-refractivity contribution is -0.137. The maximum atomic E-state index is 12.8. The zero-order chi connectivity index (χ0) is 19.6. The van der Waals surface area contributed by atoms with E-state index in [2.05, 4.69) is 10.3 Å². The molecular formula is C17H12F3N3O3S. The normalized spacial score (nSPS) is 11.4. The molecule has 0 unspecified atom stereocenters. The molecule has 0 saturated heterocycles. The Morgan fingerprint density at radius 3 is 2.63 bits per heavy atom. The number of halogens is 3. The molecule has 2 heterocycles. The van der Waals surface area contributed by atoms with Crippen molar-refractivity contribution in [2.75, 3.05) is 5.32 Å². The van der Waals surface area contributed by atoms with E-state index < -0.39 is 28.9 Å². The highest BCUT2D eigenvalue weighted by atomic mass is 32.1. The zero-order valence-electron chi connectivity index (χ0n) is 13.5. The van der Waals surface area contributed by atoms with Gasteiger partial charge in [-0.3, -0.25) is 14.2 Å². The summed E-state index contributed by atoms with van der Waals surface area (Å²) in [6, 6.07) is 7.51. The average molecular weight is 395 g/mol. The van der Waals surface area contributed by atoms with Crippen molar-refractivity contribution in [2.45, 2.75) is 12.7 Å². The first-order valence-electron chi connectivity index (χ1n) is 7.59. The van der Waals surface area contributed by atoms with Gasteiger partial charge in [0.15, 0.2) is 0 Å². The highest BCUT2D eigenvalue weighted by molar-refractivity contribution is 7.09. The second-order valence-electron chi connectivity index (χ2n) is 5.51. The van der Waals surface area contributed by atoms with Crippen LogP contribution in [0.25, 0.3) is 0 Å². The minimum Gasteiger partial charge on any atom is -0.322 e. The third-order valence-corrected chi connectivity index (χ3v) is 4.51. The highest BCUT2D eigenvalue weighted by Gasteiger charge is 2.30. The summed E-state index contributed by atoms with van der Waals surface area (Å²) in [6.07, 6.45) is -3.62. The van der Waals surface area contributed by atoms with Crippen molar-refractivity contribution in [1.29, 1.82) is 0 Å². The topological polar surface area (TPSA) is 84.0 Å². The Bertz CT molecular complexity index is 1090. The number of alkyl halides is 3. The van der Waals surface area contributed by atoms with Crippen LogP contribution in [0.1, 0.15) is 20.8 Å². The molecule has 0 aliphatic rings. The maximum Gasteiger partial charge on any atom is 0.416 e. The van der Waals surface area contributed by atoms with E-state index in [1.807, 2.05) is 0 Å². The molecule has 2 aromatic heterocycles. The van der Waals surface area contributed by atoms with Crippen molar-refractivity contribution in [1.82, 2.24) is 9.55 Å².